The summed E-state index contributed by atoms with van der Waals surface area (Å²) in [5.41, 5.74) is 0.563. The molecule has 1 aliphatic rings. The van der Waals surface area contributed by atoms with Gasteiger partial charge in [0.25, 0.3) is 0 Å². The number of guanidine groups is 1. The van der Waals surface area contributed by atoms with Gasteiger partial charge in [-0.15, -0.1) is 0 Å². The van der Waals surface area contributed by atoms with E-state index in [9.17, 15) is 4.79 Å². The number of aliphatic imine (C=N–C) groups is 1. The first-order valence-corrected chi connectivity index (χ1v) is 9.77. The zero-order valence-electron chi connectivity index (χ0n) is 17.9. The molecule has 1 amide bonds. The lowest BCUT2D eigenvalue weighted by Crippen LogP contribution is -2.50. The fourth-order valence-corrected chi connectivity index (χ4v) is 2.99. The van der Waals surface area contributed by atoms with Crippen LogP contribution in [0.1, 0.15) is 39.4 Å². The van der Waals surface area contributed by atoms with E-state index < -0.39 is 5.60 Å². The topological polar surface area (TPSA) is 84.2 Å². The van der Waals surface area contributed by atoms with Crippen molar-refractivity contribution in [3.63, 3.8) is 0 Å². The number of nitrogens with zero attached hydrogens (tertiary/aromatic N) is 5. The van der Waals surface area contributed by atoms with Gasteiger partial charge in [-0.1, -0.05) is 0 Å². The van der Waals surface area contributed by atoms with Crippen LogP contribution >= 0.6 is 0 Å². The molecule has 0 spiro atoms. The zero-order chi connectivity index (χ0) is 20.7. The number of likely N-dealkylation sites (N-methyl/N-ethyl adjacent to an activating group) is 1. The molecule has 9 nitrogen and oxygen atoms in total. The number of carbonyl (C=O) groups excluding carboxylic acids is 1. The summed E-state index contributed by atoms with van der Waals surface area (Å²) in [7, 11) is 3.66. The molecule has 0 saturated carbocycles. The number of ether oxygens (including phenoxy) is 2. The third-order valence-electron chi connectivity index (χ3n) is 4.37. The van der Waals surface area contributed by atoms with E-state index in [0.29, 0.717) is 32.8 Å². The molecule has 0 bridgehead atoms. The quantitative estimate of drug-likeness (QED) is 0.604. The lowest BCUT2D eigenvalue weighted by molar-refractivity contribution is -0.00807. The minimum Gasteiger partial charge on any atom is -0.444 e. The first-order valence-electron chi connectivity index (χ1n) is 9.77. The fourth-order valence-electron chi connectivity index (χ4n) is 2.99. The van der Waals surface area contributed by atoms with Crippen LogP contribution in [-0.2, 0) is 16.5 Å². The second kappa shape index (κ2) is 9.77. The van der Waals surface area contributed by atoms with Crippen LogP contribution in [0.3, 0.4) is 0 Å². The van der Waals surface area contributed by atoms with Crippen molar-refractivity contribution in [1.29, 1.82) is 0 Å². The van der Waals surface area contributed by atoms with Crippen molar-refractivity contribution in [1.82, 2.24) is 24.9 Å². The Morgan fingerprint density at radius 1 is 1.50 bits per heavy atom. The lowest BCUT2D eigenvalue weighted by Gasteiger charge is -2.35. The summed E-state index contributed by atoms with van der Waals surface area (Å²) in [4.78, 5) is 20.5. The molecule has 1 fully saturated rings. The average molecular weight is 395 g/mol. The molecule has 2 heterocycles. The summed E-state index contributed by atoms with van der Waals surface area (Å²) in [6.45, 7) is 11.4. The number of aromatic nitrogens is 2. The van der Waals surface area contributed by atoms with Gasteiger partial charge in [0.05, 0.1) is 19.3 Å². The summed E-state index contributed by atoms with van der Waals surface area (Å²) < 4.78 is 13.1. The number of aryl methyl sites for hydroxylation is 1. The van der Waals surface area contributed by atoms with E-state index in [1.165, 1.54) is 0 Å². The van der Waals surface area contributed by atoms with Gasteiger partial charge >= 0.3 is 6.09 Å². The highest BCUT2D eigenvalue weighted by atomic mass is 16.6. The van der Waals surface area contributed by atoms with Gasteiger partial charge in [-0.3, -0.25) is 9.67 Å². The van der Waals surface area contributed by atoms with Crippen molar-refractivity contribution >= 4 is 12.1 Å². The molecular formula is C19H34N6O3. The number of carbonyl (C=O) groups is 1. The van der Waals surface area contributed by atoms with Crippen LogP contribution in [0.5, 0.6) is 0 Å². The monoisotopic (exact) mass is 394 g/mol. The summed E-state index contributed by atoms with van der Waals surface area (Å²) in [5, 5.41) is 7.57. The smallest absolute Gasteiger partial charge is 0.410 e. The number of hydrogen-bond donors (Lipinski definition) is 1. The molecule has 0 aromatic carbocycles. The minimum absolute atomic E-state index is 0.0325. The molecule has 0 radical (unpaired) electrons. The maximum Gasteiger partial charge on any atom is 0.410 e. The standard InChI is InChI=1S/C19H34N6O3/c1-7-24(18(26)28-19(2,3)4)9-8-21-17(20-5)25-10-11-27-16(14-25)15-12-22-23(6)13-15/h12-13,16H,7-11,14H2,1-6H3,(H,20,21). The highest BCUT2D eigenvalue weighted by molar-refractivity contribution is 5.80. The molecular weight excluding hydrogens is 360 g/mol. The van der Waals surface area contributed by atoms with Crippen LogP contribution in [0.2, 0.25) is 0 Å². The van der Waals surface area contributed by atoms with Crippen LogP contribution < -0.4 is 5.32 Å². The van der Waals surface area contributed by atoms with Gasteiger partial charge in [-0.2, -0.15) is 5.10 Å². The van der Waals surface area contributed by atoms with Gasteiger partial charge in [-0.05, 0) is 27.7 Å². The van der Waals surface area contributed by atoms with E-state index in [2.05, 4.69) is 20.3 Å². The molecule has 1 aliphatic heterocycles. The number of amides is 1. The third kappa shape index (κ3) is 6.40. The number of rotatable bonds is 5. The predicted molar refractivity (Wildman–Crippen MR) is 108 cm³/mol. The zero-order valence-corrected chi connectivity index (χ0v) is 17.9. The van der Waals surface area contributed by atoms with Crippen molar-refractivity contribution in [2.24, 2.45) is 12.0 Å². The van der Waals surface area contributed by atoms with E-state index in [1.807, 2.05) is 47.1 Å². The average Bonchev–Trinajstić information content (AvgIpc) is 3.07. The predicted octanol–water partition coefficient (Wildman–Crippen LogP) is 1.63. The molecule has 0 aliphatic carbocycles. The molecule has 9 heteroatoms. The van der Waals surface area contributed by atoms with Gasteiger partial charge in [-0.25, -0.2) is 4.79 Å². The molecule has 28 heavy (non-hydrogen) atoms. The Balaban J connectivity index is 1.87. The highest BCUT2D eigenvalue weighted by Crippen LogP contribution is 2.21. The van der Waals surface area contributed by atoms with E-state index in [-0.39, 0.29) is 12.2 Å². The molecule has 1 N–H and O–H groups in total. The van der Waals surface area contributed by atoms with Gasteiger partial charge in [0.15, 0.2) is 5.96 Å². The van der Waals surface area contributed by atoms with Crippen LogP contribution in [0, 0.1) is 0 Å². The molecule has 1 atom stereocenters. The molecule has 1 aromatic heterocycles. The van der Waals surface area contributed by atoms with Crippen molar-refractivity contribution in [3.05, 3.63) is 18.0 Å². The second-order valence-corrected chi connectivity index (χ2v) is 7.79. The van der Waals surface area contributed by atoms with E-state index in [1.54, 1.807) is 16.6 Å². The fraction of sp³-hybridized carbons (Fsp3) is 0.737. The molecule has 1 aromatic rings. The Labute approximate surface area is 167 Å². The lowest BCUT2D eigenvalue weighted by atomic mass is 10.1. The van der Waals surface area contributed by atoms with Crippen LogP contribution in [0.15, 0.2) is 17.4 Å². The maximum atomic E-state index is 12.2. The number of hydrogen-bond acceptors (Lipinski definition) is 5. The Morgan fingerprint density at radius 2 is 2.25 bits per heavy atom. The first kappa shape index (κ1) is 22.0. The van der Waals surface area contributed by atoms with Crippen molar-refractivity contribution in [2.75, 3.05) is 46.4 Å². The normalized spacial score (nSPS) is 18.1. The Bertz CT molecular complexity index is 667. The van der Waals surface area contributed by atoms with Crippen molar-refractivity contribution in [3.8, 4) is 0 Å². The van der Waals surface area contributed by atoms with Crippen LogP contribution in [-0.4, -0.2) is 83.6 Å². The largest absolute Gasteiger partial charge is 0.444 e. The number of nitrogens with one attached hydrogen (secondary N) is 1. The van der Waals surface area contributed by atoms with Crippen molar-refractivity contribution < 1.29 is 14.3 Å². The molecule has 2 rings (SSSR count). The molecule has 1 saturated heterocycles. The van der Waals surface area contributed by atoms with Crippen LogP contribution in [0.4, 0.5) is 4.79 Å². The van der Waals surface area contributed by atoms with E-state index in [0.717, 1.165) is 18.1 Å². The number of morpholine rings is 1. The SMILES string of the molecule is CCN(CCNC(=NC)N1CCOC(c2cnn(C)c2)C1)C(=O)OC(C)(C)C. The molecule has 158 valence electrons. The summed E-state index contributed by atoms with van der Waals surface area (Å²) in [6, 6.07) is 0. The second-order valence-electron chi connectivity index (χ2n) is 7.79. The summed E-state index contributed by atoms with van der Waals surface area (Å²) >= 11 is 0. The van der Waals surface area contributed by atoms with E-state index >= 15 is 0 Å². The van der Waals surface area contributed by atoms with Gasteiger partial charge in [0.1, 0.15) is 11.7 Å². The van der Waals surface area contributed by atoms with Gasteiger partial charge in [0, 0.05) is 52.0 Å². The Hall–Kier alpha value is -2.29. The maximum absolute atomic E-state index is 12.2. The first-order chi connectivity index (χ1) is 13.2. The van der Waals surface area contributed by atoms with Crippen molar-refractivity contribution in [2.45, 2.75) is 39.4 Å². The minimum atomic E-state index is -0.497. The Kier molecular flexibility index (Phi) is 7.68. The van der Waals surface area contributed by atoms with E-state index in [4.69, 9.17) is 9.47 Å². The third-order valence-corrected chi connectivity index (χ3v) is 4.37. The Morgan fingerprint density at radius 3 is 2.82 bits per heavy atom. The van der Waals surface area contributed by atoms with Gasteiger partial charge < -0.3 is 24.6 Å². The summed E-state index contributed by atoms with van der Waals surface area (Å²) in [5.74, 6) is 0.803. The van der Waals surface area contributed by atoms with Gasteiger partial charge in [0.2, 0.25) is 0 Å². The summed E-state index contributed by atoms with van der Waals surface area (Å²) in [6.07, 6.45) is 3.49. The molecule has 1 unspecified atom stereocenters. The highest BCUT2D eigenvalue weighted by Gasteiger charge is 2.25. The van der Waals surface area contributed by atoms with Crippen LogP contribution in [0.25, 0.3) is 0 Å².